The number of carboxylic acid groups (broad SMARTS) is 2. The minimum atomic E-state index is -2.08. The maximum atomic E-state index is 10.9. The Kier molecular flexibility index (Phi) is 15.3. The van der Waals surface area contributed by atoms with Crippen LogP contribution >= 0.6 is 15.9 Å². The molecule has 0 aromatic heterocycles. The van der Waals surface area contributed by atoms with Crippen LogP contribution in [0.2, 0.25) is 0 Å². The largest absolute Gasteiger partial charge is 1.00 e. The van der Waals surface area contributed by atoms with Crippen LogP contribution in [0.15, 0.2) is 0 Å². The van der Waals surface area contributed by atoms with Crippen LogP contribution in [0.25, 0.3) is 0 Å². The summed E-state index contributed by atoms with van der Waals surface area (Å²) in [6.07, 6.45) is -2.45. The molecule has 2 N–H and O–H groups in total. The van der Waals surface area contributed by atoms with E-state index in [1.807, 2.05) is 20.8 Å². The molecule has 0 radical (unpaired) electrons. The second-order valence-electron chi connectivity index (χ2n) is 3.38. The molecule has 90 valence electrons. The standard InChI is InChI=1S/C7H14BrNO2.CH2O3.Na/c1-7(2,3)11-6(10)9-5-4-8;2-1(3)4;/h4-5H2,1-3H3,(H,9,10);(H2,2,3,4);/q;;+1/p-1. The molecule has 0 aliphatic heterocycles. The van der Waals surface area contributed by atoms with Crippen LogP contribution in [-0.4, -0.2) is 34.8 Å². The van der Waals surface area contributed by atoms with E-state index in [-0.39, 0.29) is 35.7 Å². The van der Waals surface area contributed by atoms with Crippen LogP contribution in [-0.2, 0) is 4.74 Å². The molecule has 0 spiro atoms. The van der Waals surface area contributed by atoms with Crippen LogP contribution < -0.4 is 40.0 Å². The van der Waals surface area contributed by atoms with Gasteiger partial charge in [-0.15, -0.1) is 0 Å². The van der Waals surface area contributed by atoms with Crippen molar-refractivity contribution >= 4 is 28.2 Å². The van der Waals surface area contributed by atoms with Crippen LogP contribution in [0.1, 0.15) is 20.8 Å². The van der Waals surface area contributed by atoms with Crippen molar-refractivity contribution in [2.24, 2.45) is 0 Å². The Morgan fingerprint density at radius 1 is 1.44 bits per heavy atom. The topological polar surface area (TPSA) is 98.7 Å². The van der Waals surface area contributed by atoms with Gasteiger partial charge in [-0.25, -0.2) is 4.79 Å². The van der Waals surface area contributed by atoms with E-state index in [2.05, 4.69) is 21.2 Å². The average Bonchev–Trinajstić information content (AvgIpc) is 1.96. The van der Waals surface area contributed by atoms with Crippen molar-refractivity contribution in [1.29, 1.82) is 0 Å². The molecule has 0 bridgehead atoms. The number of nitrogens with one attached hydrogen (secondary N) is 1. The van der Waals surface area contributed by atoms with E-state index in [0.717, 1.165) is 5.33 Å². The van der Waals surface area contributed by atoms with Crippen LogP contribution in [0.4, 0.5) is 9.59 Å². The summed E-state index contributed by atoms with van der Waals surface area (Å²) in [5.41, 5.74) is -0.406. The number of rotatable bonds is 2. The molecule has 6 nitrogen and oxygen atoms in total. The van der Waals surface area contributed by atoms with E-state index in [9.17, 15) is 4.79 Å². The molecule has 8 heteroatoms. The van der Waals surface area contributed by atoms with Crippen LogP contribution in [0.3, 0.4) is 0 Å². The Morgan fingerprint density at radius 3 is 2.06 bits per heavy atom. The number of halogens is 1. The van der Waals surface area contributed by atoms with E-state index in [1.54, 1.807) is 0 Å². The number of hydrogen-bond donors (Lipinski definition) is 2. The number of amides is 1. The van der Waals surface area contributed by atoms with Gasteiger partial charge in [0, 0.05) is 11.9 Å². The SMILES string of the molecule is CC(C)(C)OC(=O)NCCBr.O=C([O-])O.[Na+]. The normalized spacial score (nSPS) is 9.00. The quantitative estimate of drug-likeness (QED) is 0.445. The Morgan fingerprint density at radius 2 is 1.81 bits per heavy atom. The summed E-state index contributed by atoms with van der Waals surface area (Å²) in [5, 5.41) is 18.6. The third-order valence-electron chi connectivity index (χ3n) is 0.763. The van der Waals surface area contributed by atoms with Gasteiger partial charge in [0.1, 0.15) is 5.60 Å². The van der Waals surface area contributed by atoms with Crippen LogP contribution in [0, 0.1) is 0 Å². The molecule has 0 heterocycles. The number of alkyl carbamates (subject to hydrolysis) is 1. The first-order valence-corrected chi connectivity index (χ1v) is 5.24. The third kappa shape index (κ3) is 29.2. The van der Waals surface area contributed by atoms with Gasteiger partial charge in [0.15, 0.2) is 0 Å². The van der Waals surface area contributed by atoms with Gasteiger partial charge in [-0.3, -0.25) is 0 Å². The van der Waals surface area contributed by atoms with Gasteiger partial charge in [-0.1, -0.05) is 15.9 Å². The summed E-state index contributed by atoms with van der Waals surface area (Å²) in [6, 6.07) is 0. The molecule has 1 amide bonds. The fraction of sp³-hybridized carbons (Fsp3) is 0.750. The van der Waals surface area contributed by atoms with Crippen molar-refractivity contribution in [2.75, 3.05) is 11.9 Å². The first kappa shape index (κ1) is 21.3. The molecule has 0 aromatic rings. The molecule has 0 atom stereocenters. The van der Waals surface area contributed by atoms with Crippen molar-refractivity contribution in [3.05, 3.63) is 0 Å². The summed E-state index contributed by atoms with van der Waals surface area (Å²) >= 11 is 3.19. The Labute approximate surface area is 125 Å². The fourth-order valence-corrected chi connectivity index (χ4v) is 0.662. The summed E-state index contributed by atoms with van der Waals surface area (Å²) in [4.78, 5) is 19.3. The van der Waals surface area contributed by atoms with Gasteiger partial charge in [-0.05, 0) is 20.8 Å². The molecule has 0 unspecified atom stereocenters. The van der Waals surface area contributed by atoms with E-state index < -0.39 is 11.8 Å². The second kappa shape index (κ2) is 11.5. The van der Waals surface area contributed by atoms with Gasteiger partial charge in [-0.2, -0.15) is 0 Å². The van der Waals surface area contributed by atoms with Crippen molar-refractivity contribution in [1.82, 2.24) is 5.32 Å². The third-order valence-corrected chi connectivity index (χ3v) is 1.16. The summed E-state index contributed by atoms with van der Waals surface area (Å²) < 4.78 is 4.97. The van der Waals surface area contributed by atoms with E-state index in [1.165, 1.54) is 0 Å². The van der Waals surface area contributed by atoms with Gasteiger partial charge in [0.25, 0.3) is 0 Å². The minimum Gasteiger partial charge on any atom is -0.565 e. The zero-order valence-corrected chi connectivity index (χ0v) is 13.5. The number of hydrogen-bond acceptors (Lipinski definition) is 4. The number of carbonyl (C=O) groups excluding carboxylic acids is 1. The minimum absolute atomic E-state index is 0. The first-order valence-electron chi connectivity index (χ1n) is 4.12. The monoisotopic (exact) mass is 307 g/mol. The number of alkyl halides is 1. The molecule has 0 saturated heterocycles. The van der Waals surface area contributed by atoms with Crippen molar-refractivity contribution in [3.63, 3.8) is 0 Å². The van der Waals surface area contributed by atoms with E-state index in [0.29, 0.717) is 6.54 Å². The first-order chi connectivity index (χ1) is 6.69. The smallest absolute Gasteiger partial charge is 0.565 e. The Balaban J connectivity index is -0.000000292. The molecule has 0 aliphatic carbocycles. The summed E-state index contributed by atoms with van der Waals surface area (Å²) in [6.45, 7) is 6.09. The van der Waals surface area contributed by atoms with Gasteiger partial charge >= 0.3 is 35.7 Å². The molecular formula is C8H15BrNNaO5. The predicted molar refractivity (Wildman–Crippen MR) is 56.1 cm³/mol. The maximum absolute atomic E-state index is 10.9. The summed E-state index contributed by atoms with van der Waals surface area (Å²) in [7, 11) is 0. The predicted octanol–water partition coefficient (Wildman–Crippen LogP) is -2.20. The Bertz CT molecular complexity index is 203. The molecule has 0 aromatic carbocycles. The molecular weight excluding hydrogens is 293 g/mol. The maximum Gasteiger partial charge on any atom is 1.00 e. The molecule has 0 rings (SSSR count). The average molecular weight is 308 g/mol. The second-order valence-corrected chi connectivity index (χ2v) is 4.18. The van der Waals surface area contributed by atoms with Crippen molar-refractivity contribution < 1.29 is 54.1 Å². The molecule has 0 fully saturated rings. The zero-order chi connectivity index (χ0) is 12.5. The molecule has 0 saturated carbocycles. The van der Waals surface area contributed by atoms with Gasteiger partial charge in [0.05, 0.1) is 0 Å². The Hall–Kier alpha value is 0.0200. The number of carbonyl (C=O) groups is 2. The number of ether oxygens (including phenoxy) is 1. The fourth-order valence-electron chi connectivity index (χ4n) is 0.463. The van der Waals surface area contributed by atoms with Crippen LogP contribution in [0.5, 0.6) is 0 Å². The van der Waals surface area contributed by atoms with Gasteiger partial charge < -0.3 is 25.1 Å². The van der Waals surface area contributed by atoms with Crippen molar-refractivity contribution in [3.8, 4) is 0 Å². The van der Waals surface area contributed by atoms with Gasteiger partial charge in [0.2, 0.25) is 6.16 Å². The molecule has 0 aliphatic rings. The summed E-state index contributed by atoms with van der Waals surface area (Å²) in [5.74, 6) is 0. The van der Waals surface area contributed by atoms with E-state index >= 15 is 0 Å². The van der Waals surface area contributed by atoms with Crippen molar-refractivity contribution in [2.45, 2.75) is 26.4 Å². The zero-order valence-electron chi connectivity index (χ0n) is 9.87. The molecule has 16 heavy (non-hydrogen) atoms. The van der Waals surface area contributed by atoms with E-state index in [4.69, 9.17) is 19.7 Å².